The molecule has 3 aliphatic carbocycles. The maximum atomic E-state index is 7.27. The molecule has 0 saturated heterocycles. The van der Waals surface area contributed by atoms with Crippen molar-refractivity contribution in [3.63, 3.8) is 0 Å². The Labute approximate surface area is 149 Å². The van der Waals surface area contributed by atoms with Gasteiger partial charge in [0.1, 0.15) is 0 Å². The van der Waals surface area contributed by atoms with E-state index in [1.165, 1.54) is 87.4 Å². The van der Waals surface area contributed by atoms with E-state index in [-0.39, 0.29) is 0 Å². The van der Waals surface area contributed by atoms with Gasteiger partial charge < -0.3 is 0 Å². The number of hydrogen-bond donors (Lipinski definition) is 0. The van der Waals surface area contributed by atoms with E-state index in [1.807, 2.05) is 0 Å². The molecule has 2 heteroatoms. The van der Waals surface area contributed by atoms with Crippen LogP contribution in [-0.2, 0) is 0 Å². The van der Waals surface area contributed by atoms with Gasteiger partial charge in [-0.3, -0.25) is 0 Å². The molecule has 3 fully saturated rings. The molecule has 0 amide bonds. The van der Waals surface area contributed by atoms with Crippen molar-refractivity contribution < 1.29 is 0 Å². The van der Waals surface area contributed by atoms with Crippen molar-refractivity contribution in [1.82, 2.24) is 0 Å². The summed E-state index contributed by atoms with van der Waals surface area (Å²) in [5.41, 5.74) is 4.35. The van der Waals surface area contributed by atoms with Crippen molar-refractivity contribution in [1.29, 1.82) is 0 Å². The number of rotatable bonds is 5. The first-order chi connectivity index (χ1) is 11.2. The molecule has 0 aromatic carbocycles. The van der Waals surface area contributed by atoms with Gasteiger partial charge >= 0.3 is 149 Å². The van der Waals surface area contributed by atoms with E-state index in [0.29, 0.717) is 0 Å². The summed E-state index contributed by atoms with van der Waals surface area (Å²) >= 11 is 7.27. The summed E-state index contributed by atoms with van der Waals surface area (Å²) in [7, 11) is -1.58. The van der Waals surface area contributed by atoms with Crippen LogP contribution in [0.25, 0.3) is 0 Å². The van der Waals surface area contributed by atoms with Crippen LogP contribution in [0.5, 0.6) is 0 Å². The van der Waals surface area contributed by atoms with Gasteiger partial charge in [-0.25, -0.2) is 0 Å². The fourth-order valence-electron chi connectivity index (χ4n) is 6.18. The maximum absolute atomic E-state index is 7.27. The van der Waals surface area contributed by atoms with Gasteiger partial charge in [-0.1, -0.05) is 0 Å². The molecule has 0 spiro atoms. The van der Waals surface area contributed by atoms with Gasteiger partial charge in [0.2, 0.25) is 0 Å². The van der Waals surface area contributed by atoms with E-state index in [1.54, 1.807) is 0 Å². The normalized spacial score (nSPS) is 26.1. The zero-order valence-electron chi connectivity index (χ0n) is 15.2. The molecular formula is C21H36ClP. The fourth-order valence-corrected chi connectivity index (χ4v) is 15.3. The Kier molecular flexibility index (Phi) is 6.30. The first kappa shape index (κ1) is 18.0. The average Bonchev–Trinajstić information content (AvgIpc) is 3.29. The molecule has 0 bridgehead atoms. The van der Waals surface area contributed by atoms with E-state index < -0.39 is 7.26 Å². The molecule has 0 aliphatic heterocycles. The number of allylic oxidation sites excluding steroid dienone is 3. The molecule has 0 N–H and O–H groups in total. The number of halogens is 1. The Morgan fingerprint density at radius 2 is 1.04 bits per heavy atom. The van der Waals surface area contributed by atoms with Crippen LogP contribution in [0.3, 0.4) is 0 Å². The zero-order valence-corrected chi connectivity index (χ0v) is 17.0. The van der Waals surface area contributed by atoms with E-state index >= 15 is 0 Å². The van der Waals surface area contributed by atoms with Crippen molar-refractivity contribution in [2.75, 3.05) is 0 Å². The third-order valence-electron chi connectivity index (χ3n) is 7.07. The van der Waals surface area contributed by atoms with Crippen molar-refractivity contribution in [2.45, 2.75) is 108 Å². The Bertz CT molecular complexity index is 402. The molecule has 3 aliphatic rings. The molecule has 0 atom stereocenters. The van der Waals surface area contributed by atoms with E-state index in [9.17, 15) is 0 Å². The molecule has 132 valence electrons. The van der Waals surface area contributed by atoms with E-state index in [4.69, 9.17) is 11.6 Å². The topological polar surface area (TPSA) is 0 Å². The molecular weight excluding hydrogens is 319 g/mol. The molecule has 0 radical (unpaired) electrons. The molecule has 0 heterocycles. The second-order valence-electron chi connectivity index (χ2n) is 8.64. The van der Waals surface area contributed by atoms with E-state index in [2.05, 4.69) is 26.0 Å². The molecule has 3 rings (SSSR count). The minimum atomic E-state index is -1.58. The Morgan fingerprint density at radius 3 is 1.35 bits per heavy atom. The van der Waals surface area contributed by atoms with Gasteiger partial charge in [0.15, 0.2) is 0 Å². The van der Waals surface area contributed by atoms with Crippen LogP contribution >= 0.6 is 18.9 Å². The average molecular weight is 355 g/mol. The first-order valence-corrected chi connectivity index (χ1v) is 12.8. The van der Waals surface area contributed by atoms with Crippen LogP contribution in [0.1, 0.15) is 90.9 Å². The monoisotopic (exact) mass is 354 g/mol. The summed E-state index contributed by atoms with van der Waals surface area (Å²) in [6, 6.07) is 0. The van der Waals surface area contributed by atoms with Crippen molar-refractivity contribution in [3.8, 4) is 0 Å². The van der Waals surface area contributed by atoms with Crippen LogP contribution in [0.15, 0.2) is 22.5 Å². The molecule has 3 saturated carbocycles. The van der Waals surface area contributed by atoms with Gasteiger partial charge in [0.25, 0.3) is 0 Å². The molecule has 0 aromatic rings. The summed E-state index contributed by atoms with van der Waals surface area (Å²) in [4.78, 5) is 0. The van der Waals surface area contributed by atoms with Crippen molar-refractivity contribution >= 4 is 18.9 Å². The Balaban J connectivity index is 2.03. The van der Waals surface area contributed by atoms with E-state index in [0.717, 1.165) is 17.0 Å². The molecule has 0 nitrogen and oxygen atoms in total. The predicted molar refractivity (Wildman–Crippen MR) is 108 cm³/mol. The molecule has 0 unspecified atom stereocenters. The minimum absolute atomic E-state index is 0.989. The molecule has 23 heavy (non-hydrogen) atoms. The summed E-state index contributed by atoms with van der Waals surface area (Å²) in [6.07, 6.45) is 22.3. The number of hydrogen-bond acceptors (Lipinski definition) is 0. The first-order valence-electron chi connectivity index (χ1n) is 10.2. The van der Waals surface area contributed by atoms with Crippen LogP contribution in [0.4, 0.5) is 0 Å². The molecule has 0 aromatic heterocycles. The Hall–Kier alpha value is 0.200. The van der Waals surface area contributed by atoms with Crippen molar-refractivity contribution in [3.05, 3.63) is 22.5 Å². The second kappa shape index (κ2) is 8.05. The third kappa shape index (κ3) is 3.59. The van der Waals surface area contributed by atoms with Crippen molar-refractivity contribution in [2.24, 2.45) is 0 Å². The van der Waals surface area contributed by atoms with Gasteiger partial charge in [-0.05, 0) is 0 Å². The summed E-state index contributed by atoms with van der Waals surface area (Å²) in [5.74, 6) is 0. The second-order valence-corrected chi connectivity index (χ2v) is 14.2. The Morgan fingerprint density at radius 1 is 0.696 bits per heavy atom. The SMILES string of the molecule is CC(C)=C/C=C(/Cl)[PH](C1CCCC1)(C1CCCC1)C1CCCC1. The van der Waals surface area contributed by atoms with Gasteiger partial charge in [-0.15, -0.1) is 0 Å². The van der Waals surface area contributed by atoms with Gasteiger partial charge in [0, 0.05) is 0 Å². The third-order valence-corrected chi connectivity index (χ3v) is 15.0. The van der Waals surface area contributed by atoms with Crippen LogP contribution < -0.4 is 0 Å². The van der Waals surface area contributed by atoms with Gasteiger partial charge in [-0.2, -0.15) is 0 Å². The van der Waals surface area contributed by atoms with Crippen LogP contribution in [0, 0.1) is 0 Å². The van der Waals surface area contributed by atoms with Gasteiger partial charge in [0.05, 0.1) is 0 Å². The summed E-state index contributed by atoms with van der Waals surface area (Å²) in [5, 5.41) is 0. The van der Waals surface area contributed by atoms with Crippen LogP contribution in [0.2, 0.25) is 0 Å². The predicted octanol–water partition coefficient (Wildman–Crippen LogP) is 7.61. The summed E-state index contributed by atoms with van der Waals surface area (Å²) < 4.78 is 1.37. The zero-order chi connectivity index (χ0) is 16.3. The summed E-state index contributed by atoms with van der Waals surface area (Å²) in [6.45, 7) is 4.40. The fraction of sp³-hybridized carbons (Fsp3) is 0.810. The van der Waals surface area contributed by atoms with Crippen LogP contribution in [-0.4, -0.2) is 17.0 Å². The standard InChI is InChI=1S/C21H36ClP/c1-17(2)15-16-21(22)23(18-9-3-4-10-18,19-11-5-6-12-19)20-13-7-8-14-20/h15-16,18-20,23H,3-14H2,1-2H3/b21-16-. The quantitative estimate of drug-likeness (QED) is 0.352.